The first kappa shape index (κ1) is 17.8. The second-order valence-electron chi connectivity index (χ2n) is 6.26. The van der Waals surface area contributed by atoms with Crippen molar-refractivity contribution in [2.45, 2.75) is 26.6 Å². The van der Waals surface area contributed by atoms with Crippen LogP contribution in [0.1, 0.15) is 18.1 Å². The minimum atomic E-state index is -0.173. The van der Waals surface area contributed by atoms with E-state index >= 15 is 0 Å². The Kier molecular flexibility index (Phi) is 5.99. The molecule has 0 bridgehead atoms. The van der Waals surface area contributed by atoms with Gasteiger partial charge in [0, 0.05) is 57.6 Å². The van der Waals surface area contributed by atoms with Crippen LogP contribution in [0.4, 0.5) is 4.39 Å². The Morgan fingerprint density at radius 2 is 2.04 bits per heavy atom. The highest BCUT2D eigenvalue weighted by Crippen LogP contribution is 2.10. The fraction of sp³-hybridized carbons (Fsp3) is 0.444. The van der Waals surface area contributed by atoms with Crippen LogP contribution in [0.25, 0.3) is 0 Å². The minimum absolute atomic E-state index is 0.173. The molecule has 134 valence electrons. The summed E-state index contributed by atoms with van der Waals surface area (Å²) in [6.45, 7) is 8.03. The van der Waals surface area contributed by atoms with E-state index < -0.39 is 0 Å². The molecular weight excluding hydrogens is 337 g/mol. The largest absolute Gasteiger partial charge is 0.358 e. The molecule has 0 radical (unpaired) electrons. The van der Waals surface area contributed by atoms with Crippen LogP contribution < -0.4 is 5.32 Å². The molecule has 25 heavy (non-hydrogen) atoms. The summed E-state index contributed by atoms with van der Waals surface area (Å²) in [5, 5.41) is 8.37. The maximum atomic E-state index is 13.3. The zero-order valence-corrected chi connectivity index (χ0v) is 15.3. The van der Waals surface area contributed by atoms with E-state index in [4.69, 9.17) is 12.2 Å². The van der Waals surface area contributed by atoms with Gasteiger partial charge in [-0.1, -0.05) is 12.1 Å². The van der Waals surface area contributed by atoms with Crippen molar-refractivity contribution in [2.24, 2.45) is 0 Å². The number of benzene rings is 1. The summed E-state index contributed by atoms with van der Waals surface area (Å²) >= 11 is 5.51. The lowest BCUT2D eigenvalue weighted by Crippen LogP contribution is -2.51. The van der Waals surface area contributed by atoms with E-state index in [0.717, 1.165) is 55.5 Å². The van der Waals surface area contributed by atoms with Gasteiger partial charge in [-0.2, -0.15) is 5.10 Å². The van der Waals surface area contributed by atoms with Gasteiger partial charge in [0.15, 0.2) is 5.11 Å². The number of halogens is 1. The number of rotatable bonds is 5. The molecule has 1 aliphatic heterocycles. The molecule has 0 spiro atoms. The molecule has 0 unspecified atom stereocenters. The summed E-state index contributed by atoms with van der Waals surface area (Å²) in [4.78, 5) is 4.53. The lowest BCUT2D eigenvalue weighted by molar-refractivity contribution is 0.174. The second kappa shape index (κ2) is 8.40. The van der Waals surface area contributed by atoms with Crippen molar-refractivity contribution in [2.75, 3.05) is 26.2 Å². The smallest absolute Gasteiger partial charge is 0.169 e. The van der Waals surface area contributed by atoms with Crippen molar-refractivity contribution in [1.82, 2.24) is 24.9 Å². The number of nitrogens with one attached hydrogen (secondary N) is 1. The maximum absolute atomic E-state index is 13.3. The average Bonchev–Trinajstić information content (AvgIpc) is 3.08. The third-order valence-corrected chi connectivity index (χ3v) is 4.81. The third-order valence-electron chi connectivity index (χ3n) is 4.41. The highest BCUT2D eigenvalue weighted by molar-refractivity contribution is 7.80. The van der Waals surface area contributed by atoms with Gasteiger partial charge < -0.3 is 10.2 Å². The van der Waals surface area contributed by atoms with Gasteiger partial charge in [0.05, 0.1) is 6.20 Å². The molecule has 1 saturated heterocycles. The Morgan fingerprint density at radius 3 is 2.72 bits per heavy atom. The maximum Gasteiger partial charge on any atom is 0.169 e. The van der Waals surface area contributed by atoms with E-state index in [2.05, 4.69) is 27.1 Å². The van der Waals surface area contributed by atoms with Crippen molar-refractivity contribution < 1.29 is 4.39 Å². The van der Waals surface area contributed by atoms with Gasteiger partial charge in [-0.15, -0.1) is 0 Å². The number of aryl methyl sites for hydroxylation is 1. The van der Waals surface area contributed by atoms with Crippen LogP contribution in [0.2, 0.25) is 0 Å². The average molecular weight is 361 g/mol. The van der Waals surface area contributed by atoms with Crippen LogP contribution in [0.15, 0.2) is 36.7 Å². The molecule has 0 saturated carbocycles. The molecule has 7 heteroatoms. The lowest BCUT2D eigenvalue weighted by atomic mass is 10.2. The summed E-state index contributed by atoms with van der Waals surface area (Å²) < 4.78 is 15.2. The Morgan fingerprint density at radius 1 is 1.24 bits per heavy atom. The normalized spacial score (nSPS) is 15.4. The molecule has 1 N–H and O–H groups in total. The molecule has 0 atom stereocenters. The number of thiocarbonyl (C=S) groups is 1. The fourth-order valence-corrected chi connectivity index (χ4v) is 3.22. The van der Waals surface area contributed by atoms with Crippen molar-refractivity contribution in [1.29, 1.82) is 0 Å². The monoisotopic (exact) mass is 361 g/mol. The summed E-state index contributed by atoms with van der Waals surface area (Å²) in [6, 6.07) is 6.82. The summed E-state index contributed by atoms with van der Waals surface area (Å²) in [6.07, 6.45) is 3.91. The predicted molar refractivity (Wildman–Crippen MR) is 101 cm³/mol. The van der Waals surface area contributed by atoms with Gasteiger partial charge in [-0.3, -0.25) is 9.58 Å². The van der Waals surface area contributed by atoms with Gasteiger partial charge in [0.25, 0.3) is 0 Å². The Labute approximate surface area is 153 Å². The number of hydrogen-bond donors (Lipinski definition) is 1. The second-order valence-corrected chi connectivity index (χ2v) is 6.64. The number of hydrogen-bond acceptors (Lipinski definition) is 3. The van der Waals surface area contributed by atoms with E-state index in [0.29, 0.717) is 6.54 Å². The standard InChI is InChI=1S/C18H24FN5S/c1-2-24-14-16(12-21-24)11-20-18(25)23-8-6-22(7-9-23)13-15-4-3-5-17(19)10-15/h3-5,10,12,14H,2,6-9,11,13H2,1H3,(H,20,25). The van der Waals surface area contributed by atoms with Crippen molar-refractivity contribution in [3.63, 3.8) is 0 Å². The van der Waals surface area contributed by atoms with Crippen LogP contribution in [0, 0.1) is 5.82 Å². The minimum Gasteiger partial charge on any atom is -0.358 e. The molecule has 2 aromatic rings. The molecule has 0 aliphatic carbocycles. The number of piperazine rings is 1. The van der Waals surface area contributed by atoms with E-state index in [-0.39, 0.29) is 5.82 Å². The van der Waals surface area contributed by atoms with E-state index in [1.54, 1.807) is 12.1 Å². The van der Waals surface area contributed by atoms with Crippen LogP contribution in [0.3, 0.4) is 0 Å². The number of aromatic nitrogens is 2. The van der Waals surface area contributed by atoms with Crippen molar-refractivity contribution in [3.8, 4) is 0 Å². The first-order valence-corrected chi connectivity index (χ1v) is 9.06. The molecule has 2 heterocycles. The van der Waals surface area contributed by atoms with Gasteiger partial charge in [-0.25, -0.2) is 4.39 Å². The van der Waals surface area contributed by atoms with Crippen molar-refractivity contribution >= 4 is 17.3 Å². The molecule has 1 aliphatic rings. The zero-order chi connectivity index (χ0) is 17.6. The highest BCUT2D eigenvalue weighted by atomic mass is 32.1. The SMILES string of the molecule is CCn1cc(CNC(=S)N2CCN(Cc3cccc(F)c3)CC2)cn1. The van der Waals surface area contributed by atoms with E-state index in [1.807, 2.05) is 23.1 Å². The topological polar surface area (TPSA) is 36.3 Å². The van der Waals surface area contributed by atoms with Gasteiger partial charge in [-0.05, 0) is 36.8 Å². The Bertz CT molecular complexity index is 709. The molecule has 1 aromatic carbocycles. The first-order chi connectivity index (χ1) is 12.1. The molecule has 5 nitrogen and oxygen atoms in total. The van der Waals surface area contributed by atoms with Gasteiger partial charge >= 0.3 is 0 Å². The quantitative estimate of drug-likeness (QED) is 0.827. The number of nitrogens with zero attached hydrogens (tertiary/aromatic N) is 4. The third kappa shape index (κ3) is 4.99. The first-order valence-electron chi connectivity index (χ1n) is 8.65. The van der Waals surface area contributed by atoms with E-state index in [1.165, 1.54) is 6.07 Å². The molecule has 0 amide bonds. The zero-order valence-electron chi connectivity index (χ0n) is 14.5. The van der Waals surface area contributed by atoms with Crippen molar-refractivity contribution in [3.05, 3.63) is 53.6 Å². The van der Waals surface area contributed by atoms with Crippen LogP contribution >= 0.6 is 12.2 Å². The Hall–Kier alpha value is -1.99. The lowest BCUT2D eigenvalue weighted by Gasteiger charge is -2.36. The van der Waals surface area contributed by atoms with Gasteiger partial charge in [0.2, 0.25) is 0 Å². The Balaban J connectivity index is 1.42. The van der Waals surface area contributed by atoms with Crippen LogP contribution in [-0.2, 0) is 19.6 Å². The summed E-state index contributed by atoms with van der Waals surface area (Å²) in [5.74, 6) is -0.173. The molecular formula is C18H24FN5S. The van der Waals surface area contributed by atoms with Crippen LogP contribution in [0.5, 0.6) is 0 Å². The molecule has 1 aromatic heterocycles. The predicted octanol–water partition coefficient (Wildman–Crippen LogP) is 2.23. The van der Waals surface area contributed by atoms with E-state index in [9.17, 15) is 4.39 Å². The summed E-state index contributed by atoms with van der Waals surface area (Å²) in [5.41, 5.74) is 2.15. The van der Waals surface area contributed by atoms with Gasteiger partial charge in [0.1, 0.15) is 5.82 Å². The fourth-order valence-electron chi connectivity index (χ4n) is 2.96. The molecule has 1 fully saturated rings. The van der Waals surface area contributed by atoms with Crippen LogP contribution in [-0.4, -0.2) is 50.9 Å². The summed E-state index contributed by atoms with van der Waals surface area (Å²) in [7, 11) is 0. The highest BCUT2D eigenvalue weighted by Gasteiger charge is 2.19. The molecule has 3 rings (SSSR count).